The number of carbonyl (C=O) groups is 1. The maximum atomic E-state index is 9.92. The molecule has 0 amide bonds. The van der Waals surface area contributed by atoms with Crippen molar-refractivity contribution in [3.8, 4) is 0 Å². The number of aldehydes is 1. The Morgan fingerprint density at radius 3 is 2.46 bits per heavy atom. The molecule has 1 aromatic rings. The van der Waals surface area contributed by atoms with Crippen LogP contribution in [0.15, 0.2) is 54.6 Å². The van der Waals surface area contributed by atoms with Crippen LogP contribution in [-0.2, 0) is 11.2 Å². The van der Waals surface area contributed by atoms with E-state index in [4.69, 9.17) is 0 Å². The van der Waals surface area contributed by atoms with Gasteiger partial charge in [-0.15, -0.1) is 0 Å². The smallest absolute Gasteiger partial charge is 0.142 e. The Balaban J connectivity index is 2.39. The Bertz CT molecular complexity index is 296. The van der Waals surface area contributed by atoms with Gasteiger partial charge in [0, 0.05) is 0 Å². The molecule has 1 rings (SSSR count). The fourth-order valence-electron chi connectivity index (χ4n) is 1.01. The average Bonchev–Trinajstić information content (AvgIpc) is 2.19. The molecule has 1 aromatic carbocycles. The molecule has 0 saturated carbocycles. The van der Waals surface area contributed by atoms with E-state index in [9.17, 15) is 4.79 Å². The number of hydrogen-bond donors (Lipinski definition) is 0. The van der Waals surface area contributed by atoms with Crippen LogP contribution in [0.4, 0.5) is 0 Å². The summed E-state index contributed by atoms with van der Waals surface area (Å²) in [7, 11) is 0. The number of carbonyl (C=O) groups excluding carboxylic acids is 1. The average molecular weight is 172 g/mol. The first-order chi connectivity index (χ1) is 6.43. The van der Waals surface area contributed by atoms with Gasteiger partial charge in [0.25, 0.3) is 0 Å². The van der Waals surface area contributed by atoms with Gasteiger partial charge in [-0.3, -0.25) is 4.79 Å². The van der Waals surface area contributed by atoms with E-state index < -0.39 is 0 Å². The molecular formula is C12H12O. The van der Waals surface area contributed by atoms with Gasteiger partial charge in [-0.2, -0.15) is 0 Å². The van der Waals surface area contributed by atoms with Crippen LogP contribution in [0.25, 0.3) is 0 Å². The highest BCUT2D eigenvalue weighted by molar-refractivity contribution is 5.65. The second-order valence-corrected chi connectivity index (χ2v) is 2.64. The zero-order valence-electron chi connectivity index (χ0n) is 7.39. The van der Waals surface area contributed by atoms with Crippen LogP contribution >= 0.6 is 0 Å². The van der Waals surface area contributed by atoms with Crippen molar-refractivity contribution in [1.82, 2.24) is 0 Å². The van der Waals surface area contributed by atoms with Gasteiger partial charge in [-0.05, 0) is 18.1 Å². The molecule has 0 saturated heterocycles. The van der Waals surface area contributed by atoms with Crippen LogP contribution in [-0.4, -0.2) is 6.29 Å². The SMILES string of the molecule is O=C/C=C\C=C\Cc1ccccc1. The molecule has 66 valence electrons. The summed E-state index contributed by atoms with van der Waals surface area (Å²) < 4.78 is 0. The maximum absolute atomic E-state index is 9.92. The number of benzene rings is 1. The predicted molar refractivity (Wildman–Crippen MR) is 54.5 cm³/mol. The van der Waals surface area contributed by atoms with Crippen molar-refractivity contribution >= 4 is 6.29 Å². The fourth-order valence-corrected chi connectivity index (χ4v) is 1.01. The molecule has 0 bridgehead atoms. The summed E-state index contributed by atoms with van der Waals surface area (Å²) in [4.78, 5) is 9.92. The van der Waals surface area contributed by atoms with E-state index >= 15 is 0 Å². The third-order valence-corrected chi connectivity index (χ3v) is 1.63. The molecular weight excluding hydrogens is 160 g/mol. The summed E-state index contributed by atoms with van der Waals surface area (Å²) in [5.41, 5.74) is 1.28. The normalized spacial score (nSPS) is 11.1. The molecule has 0 aromatic heterocycles. The molecule has 0 aliphatic rings. The maximum Gasteiger partial charge on any atom is 0.142 e. The molecule has 0 fully saturated rings. The van der Waals surface area contributed by atoms with Crippen molar-refractivity contribution in [3.05, 3.63) is 60.2 Å². The monoisotopic (exact) mass is 172 g/mol. The first-order valence-corrected chi connectivity index (χ1v) is 4.24. The van der Waals surface area contributed by atoms with Gasteiger partial charge < -0.3 is 0 Å². The number of allylic oxidation sites excluding steroid dienone is 4. The molecule has 0 radical (unpaired) electrons. The first-order valence-electron chi connectivity index (χ1n) is 4.24. The predicted octanol–water partition coefficient (Wildman–Crippen LogP) is 2.54. The lowest BCUT2D eigenvalue weighted by Gasteiger charge is -1.92. The Morgan fingerprint density at radius 1 is 1.00 bits per heavy atom. The lowest BCUT2D eigenvalue weighted by Crippen LogP contribution is -1.77. The summed E-state index contributed by atoms with van der Waals surface area (Å²) in [6, 6.07) is 10.2. The van der Waals surface area contributed by atoms with Crippen molar-refractivity contribution in [2.75, 3.05) is 0 Å². The van der Waals surface area contributed by atoms with E-state index in [0.29, 0.717) is 0 Å². The fraction of sp³-hybridized carbons (Fsp3) is 0.0833. The van der Waals surface area contributed by atoms with Gasteiger partial charge in [0.1, 0.15) is 6.29 Å². The molecule has 0 aliphatic heterocycles. The molecule has 1 heteroatoms. The lowest BCUT2D eigenvalue weighted by molar-refractivity contribution is -0.104. The van der Waals surface area contributed by atoms with Gasteiger partial charge in [0.05, 0.1) is 0 Å². The Kier molecular flexibility index (Phi) is 4.33. The van der Waals surface area contributed by atoms with Crippen LogP contribution in [0.5, 0.6) is 0 Å². The van der Waals surface area contributed by atoms with Crippen LogP contribution < -0.4 is 0 Å². The topological polar surface area (TPSA) is 17.1 Å². The highest BCUT2D eigenvalue weighted by Gasteiger charge is 1.83. The van der Waals surface area contributed by atoms with E-state index in [-0.39, 0.29) is 0 Å². The zero-order valence-corrected chi connectivity index (χ0v) is 7.39. The third-order valence-electron chi connectivity index (χ3n) is 1.63. The Labute approximate surface area is 78.4 Å². The van der Waals surface area contributed by atoms with Gasteiger partial charge in [-0.1, -0.05) is 48.6 Å². The van der Waals surface area contributed by atoms with E-state index in [0.717, 1.165) is 12.7 Å². The van der Waals surface area contributed by atoms with Crippen LogP contribution in [0.1, 0.15) is 5.56 Å². The minimum atomic E-state index is 0.771. The largest absolute Gasteiger partial charge is 0.299 e. The third kappa shape index (κ3) is 4.06. The van der Waals surface area contributed by atoms with Gasteiger partial charge in [0.15, 0.2) is 0 Å². The highest BCUT2D eigenvalue weighted by Crippen LogP contribution is 1.99. The Morgan fingerprint density at radius 2 is 1.77 bits per heavy atom. The summed E-state index contributed by atoms with van der Waals surface area (Å²) in [6.07, 6.45) is 8.78. The highest BCUT2D eigenvalue weighted by atomic mass is 16.1. The molecule has 1 nitrogen and oxygen atoms in total. The quantitative estimate of drug-likeness (QED) is 0.387. The van der Waals surface area contributed by atoms with Crippen molar-refractivity contribution < 1.29 is 4.79 Å². The molecule has 0 heterocycles. The van der Waals surface area contributed by atoms with Crippen molar-refractivity contribution in [1.29, 1.82) is 0 Å². The minimum absolute atomic E-state index is 0.771. The van der Waals surface area contributed by atoms with Crippen molar-refractivity contribution in [2.45, 2.75) is 6.42 Å². The summed E-state index contributed by atoms with van der Waals surface area (Å²) in [6.45, 7) is 0. The Hall–Kier alpha value is -1.63. The lowest BCUT2D eigenvalue weighted by atomic mass is 10.1. The van der Waals surface area contributed by atoms with Gasteiger partial charge in [0.2, 0.25) is 0 Å². The standard InChI is InChI=1S/C12H12O/c13-11-7-2-1-4-8-12-9-5-3-6-10-12/h1-7,9-11H,8H2/b4-1+,7-2-. The van der Waals surface area contributed by atoms with Gasteiger partial charge in [-0.25, -0.2) is 0 Å². The van der Waals surface area contributed by atoms with Crippen LogP contribution in [0, 0.1) is 0 Å². The van der Waals surface area contributed by atoms with Crippen LogP contribution in [0.3, 0.4) is 0 Å². The summed E-state index contributed by atoms with van der Waals surface area (Å²) >= 11 is 0. The van der Waals surface area contributed by atoms with E-state index in [1.54, 1.807) is 6.08 Å². The van der Waals surface area contributed by atoms with Crippen LogP contribution in [0.2, 0.25) is 0 Å². The molecule has 0 unspecified atom stereocenters. The molecule has 0 N–H and O–H groups in total. The number of rotatable bonds is 4. The van der Waals surface area contributed by atoms with E-state index in [1.165, 1.54) is 11.6 Å². The van der Waals surface area contributed by atoms with E-state index in [1.807, 2.05) is 30.4 Å². The zero-order chi connectivity index (χ0) is 9.36. The van der Waals surface area contributed by atoms with Gasteiger partial charge >= 0.3 is 0 Å². The second kappa shape index (κ2) is 5.95. The molecule has 0 aliphatic carbocycles. The second-order valence-electron chi connectivity index (χ2n) is 2.64. The first kappa shape index (κ1) is 9.46. The summed E-state index contributed by atoms with van der Waals surface area (Å²) in [5.74, 6) is 0. The van der Waals surface area contributed by atoms with E-state index in [2.05, 4.69) is 12.1 Å². The summed E-state index contributed by atoms with van der Waals surface area (Å²) in [5, 5.41) is 0. The molecule has 0 spiro atoms. The molecule has 13 heavy (non-hydrogen) atoms. The minimum Gasteiger partial charge on any atom is -0.299 e. The van der Waals surface area contributed by atoms with Crippen molar-refractivity contribution in [3.63, 3.8) is 0 Å². The number of hydrogen-bond acceptors (Lipinski definition) is 1. The van der Waals surface area contributed by atoms with Crippen molar-refractivity contribution in [2.24, 2.45) is 0 Å². The molecule has 0 atom stereocenters.